The normalized spacial score (nSPS) is 20.2. The molecule has 0 spiro atoms. The molecule has 0 saturated carbocycles. The van der Waals surface area contributed by atoms with E-state index in [2.05, 4.69) is 46.3 Å². The first-order valence-electron chi connectivity index (χ1n) is 7.79. The third kappa shape index (κ3) is 5.82. The maximum atomic E-state index is 5.85. The van der Waals surface area contributed by atoms with Crippen molar-refractivity contribution in [2.24, 2.45) is 4.99 Å². The van der Waals surface area contributed by atoms with Gasteiger partial charge in [0.05, 0.1) is 12.7 Å². The molecule has 0 radical (unpaired) electrons. The lowest BCUT2D eigenvalue weighted by Gasteiger charge is -2.33. The quantitative estimate of drug-likeness (QED) is 0.791. The van der Waals surface area contributed by atoms with Gasteiger partial charge in [-0.05, 0) is 18.1 Å². The summed E-state index contributed by atoms with van der Waals surface area (Å²) < 4.78 is 5.85. The number of hydrogen-bond acceptors (Lipinski definition) is 3. The predicted molar refractivity (Wildman–Crippen MR) is 91.0 cm³/mol. The molecule has 1 atom stereocenters. The average Bonchev–Trinajstić information content (AvgIpc) is 2.56. The molecule has 21 heavy (non-hydrogen) atoms. The Bertz CT molecular complexity index is 440. The molecule has 1 aliphatic heterocycles. The van der Waals surface area contributed by atoms with Gasteiger partial charge in [0, 0.05) is 32.9 Å². The molecule has 3 heteroatoms. The van der Waals surface area contributed by atoms with Crippen LogP contribution < -0.4 is 0 Å². The Morgan fingerprint density at radius 2 is 2.05 bits per heavy atom. The van der Waals surface area contributed by atoms with Gasteiger partial charge in [0.25, 0.3) is 0 Å². The van der Waals surface area contributed by atoms with E-state index in [1.807, 2.05) is 27.0 Å². The zero-order valence-corrected chi connectivity index (χ0v) is 13.7. The lowest BCUT2D eigenvalue weighted by Crippen LogP contribution is -2.43. The van der Waals surface area contributed by atoms with Crippen LogP contribution in [0.3, 0.4) is 0 Å². The number of hydrogen-bond donors (Lipinski definition) is 0. The molecule has 1 saturated heterocycles. The number of allylic oxidation sites excluding steroid dienone is 1. The maximum Gasteiger partial charge on any atom is 0.0964 e. The molecular formula is C18H28N2O. The minimum Gasteiger partial charge on any atom is -0.371 e. The van der Waals surface area contributed by atoms with Gasteiger partial charge in [0.2, 0.25) is 0 Å². The fourth-order valence-electron chi connectivity index (χ4n) is 2.38. The van der Waals surface area contributed by atoms with Gasteiger partial charge in [0.15, 0.2) is 0 Å². The number of aliphatic imine (C=N–C) groups is 1. The lowest BCUT2D eigenvalue weighted by atomic mass is 10.1. The van der Waals surface area contributed by atoms with Crippen LogP contribution in [0.4, 0.5) is 0 Å². The molecule has 0 amide bonds. The Kier molecular flexibility index (Phi) is 8.63. The second kappa shape index (κ2) is 10.3. The summed E-state index contributed by atoms with van der Waals surface area (Å²) in [4.78, 5) is 6.54. The van der Waals surface area contributed by atoms with E-state index in [9.17, 15) is 0 Å². The van der Waals surface area contributed by atoms with Crippen LogP contribution in [0.2, 0.25) is 0 Å². The van der Waals surface area contributed by atoms with Crippen LogP contribution in [0.15, 0.2) is 47.0 Å². The topological polar surface area (TPSA) is 24.8 Å². The second-order valence-electron chi connectivity index (χ2n) is 4.76. The predicted octanol–water partition coefficient (Wildman–Crippen LogP) is 3.56. The van der Waals surface area contributed by atoms with E-state index in [-0.39, 0.29) is 6.10 Å². The second-order valence-corrected chi connectivity index (χ2v) is 4.76. The van der Waals surface area contributed by atoms with Crippen LogP contribution in [0, 0.1) is 0 Å². The molecule has 1 aliphatic rings. The van der Waals surface area contributed by atoms with Crippen molar-refractivity contribution in [1.82, 2.24) is 4.90 Å². The van der Waals surface area contributed by atoms with Crippen LogP contribution in [-0.4, -0.2) is 44.0 Å². The van der Waals surface area contributed by atoms with Crippen LogP contribution in [0.25, 0.3) is 0 Å². The SMILES string of the molecule is C/C=C(\C=NC)C1CN(Cc2ccccc2)CCO1.CC. The first-order chi connectivity index (χ1) is 10.3. The van der Waals surface area contributed by atoms with E-state index in [1.165, 1.54) is 11.1 Å². The summed E-state index contributed by atoms with van der Waals surface area (Å²) in [6, 6.07) is 10.6. The molecule has 0 aliphatic carbocycles. The van der Waals surface area contributed by atoms with Crippen molar-refractivity contribution in [3.63, 3.8) is 0 Å². The Hall–Kier alpha value is -1.45. The van der Waals surface area contributed by atoms with Crippen LogP contribution in [0.5, 0.6) is 0 Å². The molecule has 0 aromatic heterocycles. The third-order valence-corrected chi connectivity index (χ3v) is 3.38. The van der Waals surface area contributed by atoms with Crippen LogP contribution >= 0.6 is 0 Å². The zero-order chi connectivity index (χ0) is 15.5. The van der Waals surface area contributed by atoms with Gasteiger partial charge in [-0.15, -0.1) is 0 Å². The summed E-state index contributed by atoms with van der Waals surface area (Å²) in [5, 5.41) is 0. The van der Waals surface area contributed by atoms with Crippen molar-refractivity contribution >= 4 is 6.21 Å². The number of benzene rings is 1. The van der Waals surface area contributed by atoms with E-state index < -0.39 is 0 Å². The fraction of sp³-hybridized carbons (Fsp3) is 0.500. The van der Waals surface area contributed by atoms with Crippen molar-refractivity contribution in [1.29, 1.82) is 0 Å². The van der Waals surface area contributed by atoms with E-state index in [0.29, 0.717) is 0 Å². The van der Waals surface area contributed by atoms with Gasteiger partial charge < -0.3 is 4.74 Å². The molecule has 2 rings (SSSR count). The smallest absolute Gasteiger partial charge is 0.0964 e. The van der Waals surface area contributed by atoms with Crippen molar-refractivity contribution in [2.45, 2.75) is 33.4 Å². The summed E-state index contributed by atoms with van der Waals surface area (Å²) in [5.74, 6) is 0. The number of ether oxygens (including phenoxy) is 1. The summed E-state index contributed by atoms with van der Waals surface area (Å²) in [6.07, 6.45) is 4.13. The first kappa shape index (κ1) is 17.6. The average molecular weight is 288 g/mol. The van der Waals surface area contributed by atoms with Crippen molar-refractivity contribution in [2.75, 3.05) is 26.7 Å². The molecule has 116 valence electrons. The molecule has 1 aromatic carbocycles. The fourth-order valence-corrected chi connectivity index (χ4v) is 2.38. The highest BCUT2D eigenvalue weighted by Crippen LogP contribution is 2.15. The van der Waals surface area contributed by atoms with Gasteiger partial charge in [-0.3, -0.25) is 9.89 Å². The molecule has 3 nitrogen and oxygen atoms in total. The van der Waals surface area contributed by atoms with Crippen LogP contribution in [-0.2, 0) is 11.3 Å². The van der Waals surface area contributed by atoms with Crippen molar-refractivity contribution < 1.29 is 4.74 Å². The minimum absolute atomic E-state index is 0.145. The molecule has 1 aromatic rings. The molecule has 1 fully saturated rings. The van der Waals surface area contributed by atoms with Gasteiger partial charge >= 0.3 is 0 Å². The third-order valence-electron chi connectivity index (χ3n) is 3.38. The molecule has 1 heterocycles. The molecular weight excluding hydrogens is 260 g/mol. The number of rotatable bonds is 4. The molecule has 1 unspecified atom stereocenters. The van der Waals surface area contributed by atoms with Crippen molar-refractivity contribution in [3.05, 3.63) is 47.5 Å². The molecule has 0 N–H and O–H groups in total. The Morgan fingerprint density at radius 1 is 1.33 bits per heavy atom. The van der Waals surface area contributed by atoms with E-state index >= 15 is 0 Å². The van der Waals surface area contributed by atoms with Gasteiger partial charge in [-0.1, -0.05) is 50.3 Å². The summed E-state index contributed by atoms with van der Waals surface area (Å²) in [7, 11) is 1.80. The van der Waals surface area contributed by atoms with E-state index in [0.717, 1.165) is 26.2 Å². The Labute approximate surface area is 129 Å². The lowest BCUT2D eigenvalue weighted by molar-refractivity contribution is -0.00935. The van der Waals surface area contributed by atoms with Gasteiger partial charge in [-0.2, -0.15) is 0 Å². The highest BCUT2D eigenvalue weighted by molar-refractivity contribution is 5.79. The molecule has 0 bridgehead atoms. The first-order valence-corrected chi connectivity index (χ1v) is 7.79. The monoisotopic (exact) mass is 288 g/mol. The Morgan fingerprint density at radius 3 is 2.67 bits per heavy atom. The summed E-state index contributed by atoms with van der Waals surface area (Å²) in [6.45, 7) is 9.73. The maximum absolute atomic E-state index is 5.85. The highest BCUT2D eigenvalue weighted by atomic mass is 16.5. The zero-order valence-electron chi connectivity index (χ0n) is 13.7. The number of morpholine rings is 1. The Balaban J connectivity index is 0.00000106. The van der Waals surface area contributed by atoms with E-state index in [1.54, 1.807) is 7.05 Å². The summed E-state index contributed by atoms with van der Waals surface area (Å²) >= 11 is 0. The largest absolute Gasteiger partial charge is 0.371 e. The summed E-state index contributed by atoms with van der Waals surface area (Å²) in [5.41, 5.74) is 2.52. The van der Waals surface area contributed by atoms with Gasteiger partial charge in [0.1, 0.15) is 0 Å². The minimum atomic E-state index is 0.145. The van der Waals surface area contributed by atoms with Crippen LogP contribution in [0.1, 0.15) is 26.3 Å². The van der Waals surface area contributed by atoms with Gasteiger partial charge in [-0.25, -0.2) is 0 Å². The number of nitrogens with zero attached hydrogens (tertiary/aromatic N) is 2. The standard InChI is InChI=1S/C16H22N2O.C2H6/c1-3-15(11-17-2)16-13-18(9-10-19-16)12-14-7-5-4-6-8-14;1-2/h3-8,11,16H,9-10,12-13H2,1-2H3;1-2H3/b15-3+,17-11?;. The van der Waals surface area contributed by atoms with Crippen molar-refractivity contribution in [3.8, 4) is 0 Å². The highest BCUT2D eigenvalue weighted by Gasteiger charge is 2.22. The van der Waals surface area contributed by atoms with E-state index in [4.69, 9.17) is 4.74 Å².